The zero-order valence-electron chi connectivity index (χ0n) is 12.6. The van der Waals surface area contributed by atoms with Gasteiger partial charge in [0.05, 0.1) is 6.26 Å². The van der Waals surface area contributed by atoms with Crippen LogP contribution in [-0.4, -0.2) is 67.5 Å². The molecular formula is C14H25N3O3S. The van der Waals surface area contributed by atoms with E-state index >= 15 is 0 Å². The summed E-state index contributed by atoms with van der Waals surface area (Å²) in [4.78, 5) is 15.0. The smallest absolute Gasteiger partial charge is 0.238 e. The van der Waals surface area contributed by atoms with E-state index in [1.165, 1.54) is 23.4 Å². The van der Waals surface area contributed by atoms with E-state index < -0.39 is 16.1 Å². The van der Waals surface area contributed by atoms with E-state index in [9.17, 15) is 13.2 Å². The lowest BCUT2D eigenvalue weighted by atomic mass is 9.99. The first kappa shape index (κ1) is 15.2. The maximum absolute atomic E-state index is 12.5. The van der Waals surface area contributed by atoms with Crippen LogP contribution in [0.2, 0.25) is 0 Å². The molecule has 3 saturated heterocycles. The third-order valence-corrected chi connectivity index (χ3v) is 6.41. The molecule has 3 fully saturated rings. The second-order valence-corrected chi connectivity index (χ2v) is 8.47. The quantitative estimate of drug-likeness (QED) is 0.805. The third kappa shape index (κ3) is 3.10. The fourth-order valence-corrected chi connectivity index (χ4v) is 5.22. The van der Waals surface area contributed by atoms with Crippen LogP contribution in [0.25, 0.3) is 0 Å². The molecule has 0 aliphatic carbocycles. The average molecular weight is 315 g/mol. The predicted octanol–water partition coefficient (Wildman–Crippen LogP) is 0.153. The lowest BCUT2D eigenvalue weighted by molar-refractivity contribution is -0.125. The molecule has 1 N–H and O–H groups in total. The van der Waals surface area contributed by atoms with Gasteiger partial charge in [-0.05, 0) is 38.6 Å². The number of piperidine rings is 1. The Labute approximate surface area is 126 Å². The molecule has 3 aliphatic heterocycles. The molecule has 3 atom stereocenters. The molecule has 0 aromatic heterocycles. The van der Waals surface area contributed by atoms with E-state index in [4.69, 9.17) is 0 Å². The number of nitrogens with zero attached hydrogens (tertiary/aromatic N) is 2. The summed E-state index contributed by atoms with van der Waals surface area (Å²) in [6, 6.07) is 0.147. The van der Waals surface area contributed by atoms with Gasteiger partial charge in [-0.1, -0.05) is 6.42 Å². The molecular weight excluding hydrogens is 290 g/mol. The average Bonchev–Trinajstić information content (AvgIpc) is 3.05. The summed E-state index contributed by atoms with van der Waals surface area (Å²) in [5, 5.41) is 3.14. The van der Waals surface area contributed by atoms with E-state index in [2.05, 4.69) is 10.2 Å². The summed E-state index contributed by atoms with van der Waals surface area (Å²) in [5.74, 6) is -0.102. The Balaban J connectivity index is 1.64. The SMILES string of the molecule is CS(=O)(=O)N1CCC[C@@H]1C(=O)N[C@@H]1CCN2CCCC[C@H]12. The normalized spacial score (nSPS) is 34.8. The van der Waals surface area contributed by atoms with E-state index in [1.807, 2.05) is 0 Å². The van der Waals surface area contributed by atoms with E-state index in [0.717, 1.165) is 32.4 Å². The molecule has 6 nitrogen and oxygen atoms in total. The van der Waals surface area contributed by atoms with Crippen LogP contribution < -0.4 is 5.32 Å². The third-order valence-electron chi connectivity index (χ3n) is 5.12. The lowest BCUT2D eigenvalue weighted by Gasteiger charge is -2.33. The van der Waals surface area contributed by atoms with Crippen molar-refractivity contribution in [2.45, 2.75) is 56.7 Å². The minimum atomic E-state index is -3.29. The van der Waals surface area contributed by atoms with Crippen molar-refractivity contribution in [3.63, 3.8) is 0 Å². The second-order valence-electron chi connectivity index (χ2n) is 6.53. The number of carbonyl (C=O) groups is 1. The number of sulfonamides is 1. The van der Waals surface area contributed by atoms with Gasteiger partial charge in [-0.3, -0.25) is 9.69 Å². The van der Waals surface area contributed by atoms with Crippen LogP contribution in [0.4, 0.5) is 0 Å². The van der Waals surface area contributed by atoms with Crippen molar-refractivity contribution in [3.05, 3.63) is 0 Å². The molecule has 1 amide bonds. The number of carbonyl (C=O) groups excluding carboxylic acids is 1. The number of hydrogen-bond acceptors (Lipinski definition) is 4. The first-order valence-electron chi connectivity index (χ1n) is 7.98. The van der Waals surface area contributed by atoms with Crippen molar-refractivity contribution in [3.8, 4) is 0 Å². The first-order valence-corrected chi connectivity index (χ1v) is 9.83. The van der Waals surface area contributed by atoms with Gasteiger partial charge in [0.15, 0.2) is 0 Å². The molecule has 21 heavy (non-hydrogen) atoms. The molecule has 0 aromatic rings. The molecule has 0 saturated carbocycles. The van der Waals surface area contributed by atoms with Gasteiger partial charge in [0.1, 0.15) is 6.04 Å². The number of nitrogens with one attached hydrogen (secondary N) is 1. The number of hydrogen-bond donors (Lipinski definition) is 1. The Morgan fingerprint density at radius 3 is 2.62 bits per heavy atom. The fourth-order valence-electron chi connectivity index (χ4n) is 4.09. The molecule has 120 valence electrons. The van der Waals surface area contributed by atoms with Crippen LogP contribution in [-0.2, 0) is 14.8 Å². The summed E-state index contributed by atoms with van der Waals surface area (Å²) < 4.78 is 24.9. The minimum absolute atomic E-state index is 0.102. The zero-order valence-corrected chi connectivity index (χ0v) is 13.4. The van der Waals surface area contributed by atoms with Gasteiger partial charge in [0, 0.05) is 25.2 Å². The van der Waals surface area contributed by atoms with Crippen molar-refractivity contribution in [2.24, 2.45) is 0 Å². The van der Waals surface area contributed by atoms with Gasteiger partial charge in [-0.2, -0.15) is 4.31 Å². The summed E-state index contributed by atoms with van der Waals surface area (Å²) in [5.41, 5.74) is 0. The monoisotopic (exact) mass is 315 g/mol. The Kier molecular flexibility index (Phi) is 4.25. The highest BCUT2D eigenvalue weighted by Crippen LogP contribution is 2.28. The molecule has 0 unspecified atom stereocenters. The van der Waals surface area contributed by atoms with Crippen molar-refractivity contribution < 1.29 is 13.2 Å². The van der Waals surface area contributed by atoms with Crippen LogP contribution in [0, 0.1) is 0 Å². The molecule has 0 aromatic carbocycles. The zero-order chi connectivity index (χ0) is 15.0. The highest BCUT2D eigenvalue weighted by molar-refractivity contribution is 7.88. The van der Waals surface area contributed by atoms with Crippen LogP contribution in [0.3, 0.4) is 0 Å². The van der Waals surface area contributed by atoms with Crippen molar-refractivity contribution >= 4 is 15.9 Å². The standard InChI is InChI=1S/C14H25N3O3S/c1-21(19,20)17-9-4-6-13(17)14(18)15-11-7-10-16-8-3-2-5-12(11)16/h11-13H,2-10H2,1H3,(H,15,18)/t11-,12-,13-/m1/s1. The number of rotatable bonds is 3. The van der Waals surface area contributed by atoms with Crippen molar-refractivity contribution in [2.75, 3.05) is 25.9 Å². The molecule has 7 heteroatoms. The van der Waals surface area contributed by atoms with Gasteiger partial charge in [-0.25, -0.2) is 8.42 Å². The van der Waals surface area contributed by atoms with Crippen molar-refractivity contribution in [1.82, 2.24) is 14.5 Å². The Hall–Kier alpha value is -0.660. The predicted molar refractivity (Wildman–Crippen MR) is 80.3 cm³/mol. The van der Waals surface area contributed by atoms with E-state index in [-0.39, 0.29) is 11.9 Å². The van der Waals surface area contributed by atoms with Crippen LogP contribution >= 0.6 is 0 Å². The summed E-state index contributed by atoms with van der Waals surface area (Å²) >= 11 is 0. The number of amides is 1. The van der Waals surface area contributed by atoms with Crippen LogP contribution in [0.5, 0.6) is 0 Å². The molecule has 0 bridgehead atoms. The van der Waals surface area contributed by atoms with Gasteiger partial charge in [0.2, 0.25) is 15.9 Å². The highest BCUT2D eigenvalue weighted by Gasteiger charge is 2.40. The first-order chi connectivity index (χ1) is 9.97. The van der Waals surface area contributed by atoms with Gasteiger partial charge < -0.3 is 5.32 Å². The van der Waals surface area contributed by atoms with Crippen LogP contribution in [0.1, 0.15) is 38.5 Å². The minimum Gasteiger partial charge on any atom is -0.350 e. The Bertz CT molecular complexity index is 508. The highest BCUT2D eigenvalue weighted by atomic mass is 32.2. The van der Waals surface area contributed by atoms with Gasteiger partial charge >= 0.3 is 0 Å². The fraction of sp³-hybridized carbons (Fsp3) is 0.929. The largest absolute Gasteiger partial charge is 0.350 e. The molecule has 3 rings (SSSR count). The van der Waals surface area contributed by atoms with E-state index in [0.29, 0.717) is 19.0 Å². The summed E-state index contributed by atoms with van der Waals surface area (Å²) in [6.07, 6.45) is 7.21. The topological polar surface area (TPSA) is 69.7 Å². The maximum atomic E-state index is 12.5. The van der Waals surface area contributed by atoms with Gasteiger partial charge in [-0.15, -0.1) is 0 Å². The molecule has 3 aliphatic rings. The lowest BCUT2D eigenvalue weighted by Crippen LogP contribution is -2.52. The van der Waals surface area contributed by atoms with Crippen LogP contribution in [0.15, 0.2) is 0 Å². The Morgan fingerprint density at radius 2 is 1.86 bits per heavy atom. The molecule has 0 radical (unpaired) electrons. The van der Waals surface area contributed by atoms with Gasteiger partial charge in [0.25, 0.3) is 0 Å². The van der Waals surface area contributed by atoms with Crippen molar-refractivity contribution in [1.29, 1.82) is 0 Å². The summed E-state index contributed by atoms with van der Waals surface area (Å²) in [6.45, 7) is 2.66. The molecule has 3 heterocycles. The second kappa shape index (κ2) is 5.85. The summed E-state index contributed by atoms with van der Waals surface area (Å²) in [7, 11) is -3.29. The van der Waals surface area contributed by atoms with E-state index in [1.54, 1.807) is 0 Å². The molecule has 0 spiro atoms. The Morgan fingerprint density at radius 1 is 1.05 bits per heavy atom. The maximum Gasteiger partial charge on any atom is 0.238 e. The number of fused-ring (bicyclic) bond motifs is 1.